The Morgan fingerprint density at radius 1 is 1.28 bits per heavy atom. The Morgan fingerprint density at radius 3 is 2.55 bits per heavy atom. The number of hydrogen-bond donors (Lipinski definition) is 8. The molecule has 0 bridgehead atoms. The summed E-state index contributed by atoms with van der Waals surface area (Å²) >= 11 is 0. The second-order valence-corrected chi connectivity index (χ2v) is 8.49. The highest BCUT2D eigenvalue weighted by atomic mass is 31.3. The number of anilines is 1. The van der Waals surface area contributed by atoms with E-state index in [4.69, 9.17) is 20.3 Å². The first-order valence-electron chi connectivity index (χ1n) is 7.36. The molecule has 1 unspecified atom stereocenters. The number of nitrogens with zero attached hydrogens (tertiary/aromatic N) is 3. The molecule has 164 valence electrons. The Bertz CT molecular complexity index is 1030. The summed E-state index contributed by atoms with van der Waals surface area (Å²) < 4.78 is 36.6. The third-order valence-electron chi connectivity index (χ3n) is 3.67. The van der Waals surface area contributed by atoms with Crippen molar-refractivity contribution in [1.29, 1.82) is 0 Å². The Morgan fingerprint density at radius 2 is 1.93 bits per heavy atom. The van der Waals surface area contributed by atoms with Crippen LogP contribution in [0.5, 0.6) is 0 Å². The SMILES string of the molecule is N.Nc1nc2c(ncn2[C@@H]2O[C@H](COP(=O)(O)OP(=O)(O)O)[C@@H](O)[C@H]2O)c(=O)[nH]1. The summed E-state index contributed by atoms with van der Waals surface area (Å²) in [6, 6.07) is 0. The van der Waals surface area contributed by atoms with Crippen LogP contribution >= 0.6 is 15.6 Å². The number of phosphoric acid groups is 2. The molecule has 2 aromatic heterocycles. The lowest BCUT2D eigenvalue weighted by atomic mass is 10.1. The van der Waals surface area contributed by atoms with Crippen molar-refractivity contribution in [2.75, 3.05) is 12.3 Å². The Kier molecular flexibility index (Phi) is 6.63. The van der Waals surface area contributed by atoms with Gasteiger partial charge >= 0.3 is 15.6 Å². The zero-order valence-corrected chi connectivity index (χ0v) is 16.1. The molecule has 11 N–H and O–H groups in total. The minimum Gasteiger partial charge on any atom is -0.387 e. The fourth-order valence-electron chi connectivity index (χ4n) is 2.55. The number of ether oxygens (including phenoxy) is 1. The van der Waals surface area contributed by atoms with Crippen LogP contribution < -0.4 is 17.4 Å². The largest absolute Gasteiger partial charge is 0.481 e. The van der Waals surface area contributed by atoms with Gasteiger partial charge in [0.2, 0.25) is 5.95 Å². The van der Waals surface area contributed by atoms with Crippen molar-refractivity contribution in [3.8, 4) is 0 Å². The van der Waals surface area contributed by atoms with E-state index >= 15 is 0 Å². The Balaban J connectivity index is 0.00000300. The van der Waals surface area contributed by atoms with Crippen LogP contribution in [0.1, 0.15) is 6.23 Å². The highest BCUT2D eigenvalue weighted by molar-refractivity contribution is 7.60. The van der Waals surface area contributed by atoms with Crippen LogP contribution in [0.3, 0.4) is 0 Å². The molecule has 3 heterocycles. The van der Waals surface area contributed by atoms with E-state index in [9.17, 15) is 29.0 Å². The zero-order valence-electron chi connectivity index (χ0n) is 14.3. The maximum Gasteiger partial charge on any atom is 0.481 e. The number of H-pyrrole nitrogens is 1. The number of hydrogen-bond acceptors (Lipinski definition) is 12. The van der Waals surface area contributed by atoms with E-state index in [0.717, 1.165) is 10.9 Å². The van der Waals surface area contributed by atoms with Gasteiger partial charge in [0.15, 0.2) is 17.4 Å². The van der Waals surface area contributed by atoms with Crippen molar-refractivity contribution >= 4 is 32.8 Å². The molecule has 2 aromatic rings. The normalized spacial score (nSPS) is 26.9. The summed E-state index contributed by atoms with van der Waals surface area (Å²) in [7, 11) is -10.5. The molecule has 0 saturated carbocycles. The maximum atomic E-state index is 11.8. The zero-order chi connectivity index (χ0) is 20.9. The van der Waals surface area contributed by atoms with Crippen LogP contribution in [0.4, 0.5) is 5.95 Å². The minimum atomic E-state index is -5.32. The molecule has 19 heteroatoms. The second-order valence-electron chi connectivity index (χ2n) is 5.66. The number of nitrogen functional groups attached to an aromatic ring is 1. The van der Waals surface area contributed by atoms with Gasteiger partial charge < -0.3 is 41.5 Å². The van der Waals surface area contributed by atoms with E-state index in [1.165, 1.54) is 0 Å². The molecule has 0 amide bonds. The summed E-state index contributed by atoms with van der Waals surface area (Å²) in [5, 5.41) is 20.3. The first kappa shape index (κ1) is 23.5. The molecular formula is C10H18N6O11P2. The van der Waals surface area contributed by atoms with Gasteiger partial charge in [0.25, 0.3) is 5.56 Å². The highest BCUT2D eigenvalue weighted by Gasteiger charge is 2.46. The number of phosphoric ester groups is 1. The second kappa shape index (κ2) is 8.17. The average molecular weight is 460 g/mol. The highest BCUT2D eigenvalue weighted by Crippen LogP contribution is 2.57. The van der Waals surface area contributed by atoms with Gasteiger partial charge in [-0.1, -0.05) is 0 Å². The topological polar surface area (TPSA) is 288 Å². The standard InChI is InChI=1S/C10H15N5O11P2.H3N/c11-10-13-7-4(8(18)14-10)12-2-15(7)9-6(17)5(16)3(25-9)1-24-28(22,23)26-27(19,20)21;/h2-3,5-6,9,16-17H,1H2,(H,22,23)(H2,19,20,21)(H3,11,13,14,18);1H3/t3-,5-,6-,9-;/m1./s1. The molecule has 5 atom stereocenters. The first-order chi connectivity index (χ1) is 12.9. The molecule has 17 nitrogen and oxygen atoms in total. The van der Waals surface area contributed by atoms with Crippen molar-refractivity contribution in [3.63, 3.8) is 0 Å². The predicted molar refractivity (Wildman–Crippen MR) is 92.4 cm³/mol. The van der Waals surface area contributed by atoms with Crippen LogP contribution in [0.15, 0.2) is 11.1 Å². The van der Waals surface area contributed by atoms with Crippen molar-refractivity contribution < 1.29 is 47.6 Å². The minimum absolute atomic E-state index is 0. The molecule has 0 spiro atoms. The van der Waals surface area contributed by atoms with Crippen LogP contribution in [0.25, 0.3) is 11.2 Å². The van der Waals surface area contributed by atoms with Gasteiger partial charge in [0, 0.05) is 0 Å². The first-order valence-corrected chi connectivity index (χ1v) is 10.4. The molecule has 0 aliphatic carbocycles. The third kappa shape index (κ3) is 5.06. The van der Waals surface area contributed by atoms with Crippen molar-refractivity contribution in [1.82, 2.24) is 25.7 Å². The van der Waals surface area contributed by atoms with E-state index in [2.05, 4.69) is 23.8 Å². The monoisotopic (exact) mass is 460 g/mol. The molecular weight excluding hydrogens is 442 g/mol. The number of aliphatic hydroxyl groups excluding tert-OH is 2. The maximum absolute atomic E-state index is 11.8. The van der Waals surface area contributed by atoms with Crippen LogP contribution in [0, 0.1) is 0 Å². The summed E-state index contributed by atoms with van der Waals surface area (Å²) in [5.74, 6) is -0.233. The average Bonchev–Trinajstić information content (AvgIpc) is 3.06. The van der Waals surface area contributed by atoms with Gasteiger partial charge in [0.05, 0.1) is 12.9 Å². The molecule has 0 aromatic carbocycles. The summed E-state index contributed by atoms with van der Waals surface area (Å²) in [5.41, 5.74) is 4.65. The lowest BCUT2D eigenvalue weighted by Gasteiger charge is -2.17. The fraction of sp³-hybridized carbons (Fsp3) is 0.500. The molecule has 1 saturated heterocycles. The van der Waals surface area contributed by atoms with Gasteiger partial charge in [-0.2, -0.15) is 9.29 Å². The number of rotatable bonds is 6. The van der Waals surface area contributed by atoms with Crippen LogP contribution in [-0.4, -0.2) is 69.3 Å². The van der Waals surface area contributed by atoms with Gasteiger partial charge in [-0.25, -0.2) is 14.1 Å². The van der Waals surface area contributed by atoms with Crippen LogP contribution in [0.2, 0.25) is 0 Å². The van der Waals surface area contributed by atoms with E-state index in [-0.39, 0.29) is 23.3 Å². The number of imidazole rings is 1. The quantitative estimate of drug-likeness (QED) is 0.210. The molecule has 29 heavy (non-hydrogen) atoms. The summed E-state index contributed by atoms with van der Waals surface area (Å²) in [6.07, 6.45) is -4.88. The fourth-order valence-corrected chi connectivity index (χ4v) is 4.15. The van der Waals surface area contributed by atoms with Crippen molar-refractivity contribution in [2.45, 2.75) is 24.5 Å². The van der Waals surface area contributed by atoms with E-state index in [1.807, 2.05) is 0 Å². The molecule has 1 aliphatic rings. The third-order valence-corrected chi connectivity index (χ3v) is 5.83. The molecule has 3 rings (SSSR count). The Hall–Kier alpha value is -1.75. The molecule has 0 radical (unpaired) electrons. The number of aromatic nitrogens is 4. The van der Waals surface area contributed by atoms with Gasteiger partial charge in [-0.15, -0.1) is 0 Å². The summed E-state index contributed by atoms with van der Waals surface area (Å²) in [6.45, 7) is -0.870. The van der Waals surface area contributed by atoms with Gasteiger partial charge in [-0.3, -0.25) is 18.9 Å². The van der Waals surface area contributed by atoms with E-state index < -0.39 is 52.4 Å². The number of nitrogens with two attached hydrogens (primary N) is 1. The van der Waals surface area contributed by atoms with Gasteiger partial charge in [-0.05, 0) is 0 Å². The van der Waals surface area contributed by atoms with Crippen molar-refractivity contribution in [3.05, 3.63) is 16.7 Å². The number of aliphatic hydroxyl groups is 2. The molecule has 1 aliphatic heterocycles. The van der Waals surface area contributed by atoms with Crippen molar-refractivity contribution in [2.24, 2.45) is 0 Å². The molecule has 1 fully saturated rings. The van der Waals surface area contributed by atoms with E-state index in [1.54, 1.807) is 0 Å². The van der Waals surface area contributed by atoms with Gasteiger partial charge in [0.1, 0.15) is 18.3 Å². The predicted octanol–water partition coefficient (Wildman–Crippen LogP) is -2.29. The number of fused-ring (bicyclic) bond motifs is 1. The van der Waals surface area contributed by atoms with Crippen LogP contribution in [-0.2, 0) is 22.7 Å². The lowest BCUT2D eigenvalue weighted by Crippen LogP contribution is -2.33. The number of aromatic amines is 1. The number of nitrogens with one attached hydrogen (secondary N) is 1. The smallest absolute Gasteiger partial charge is 0.387 e. The lowest BCUT2D eigenvalue weighted by molar-refractivity contribution is -0.0503. The summed E-state index contributed by atoms with van der Waals surface area (Å²) in [4.78, 5) is 48.1. The van der Waals surface area contributed by atoms with E-state index in [0.29, 0.717) is 0 Å². The Labute approximate surface area is 160 Å².